The van der Waals surface area contributed by atoms with Crippen LogP contribution in [0.5, 0.6) is 0 Å². The standard InChI is InChI=1S/C9H9BF3.K/c11-10(12,13)9-6-8(9)7-4-2-1-3-5-7;/h1-5,8-9H,6H2;/q-1;+1/t8-,9+;/m1./s1. The van der Waals surface area contributed by atoms with Crippen LogP contribution in [0.4, 0.5) is 12.9 Å². The van der Waals surface area contributed by atoms with Gasteiger partial charge >= 0.3 is 58.4 Å². The molecule has 0 spiro atoms. The minimum Gasteiger partial charge on any atom is -0.449 e. The molecule has 1 fully saturated rings. The predicted octanol–water partition coefficient (Wildman–Crippen LogP) is 0.395. The quantitative estimate of drug-likeness (QED) is 0.638. The molecule has 2 atom stereocenters. The maximum Gasteiger partial charge on any atom is 1.00 e. The average molecular weight is 224 g/mol. The summed E-state index contributed by atoms with van der Waals surface area (Å²) in [4.78, 5) is 0. The first-order valence-corrected chi connectivity index (χ1v) is 4.34. The number of halogens is 3. The molecule has 0 saturated heterocycles. The van der Waals surface area contributed by atoms with Crippen LogP contribution in [0.3, 0.4) is 0 Å². The van der Waals surface area contributed by atoms with Crippen molar-refractivity contribution in [3.8, 4) is 0 Å². The summed E-state index contributed by atoms with van der Waals surface area (Å²) >= 11 is 0. The molecular weight excluding hydrogens is 215 g/mol. The zero-order valence-corrected chi connectivity index (χ0v) is 11.1. The average Bonchev–Trinajstić information content (AvgIpc) is 2.83. The van der Waals surface area contributed by atoms with Crippen LogP contribution in [0, 0.1) is 0 Å². The van der Waals surface area contributed by atoms with Gasteiger partial charge in [0.1, 0.15) is 0 Å². The molecule has 0 nitrogen and oxygen atoms in total. The minimum absolute atomic E-state index is 0. The fraction of sp³-hybridized carbons (Fsp3) is 0.333. The van der Waals surface area contributed by atoms with Crippen LogP contribution >= 0.6 is 0 Å². The maximum atomic E-state index is 12.2. The summed E-state index contributed by atoms with van der Waals surface area (Å²) < 4.78 is 36.7. The van der Waals surface area contributed by atoms with Crippen molar-refractivity contribution in [3.05, 3.63) is 35.9 Å². The summed E-state index contributed by atoms with van der Waals surface area (Å²) in [5.41, 5.74) is 0.826. The van der Waals surface area contributed by atoms with Crippen LogP contribution in [0.2, 0.25) is 5.82 Å². The van der Waals surface area contributed by atoms with Crippen molar-refractivity contribution in [1.82, 2.24) is 0 Å². The zero-order valence-electron chi connectivity index (χ0n) is 7.96. The van der Waals surface area contributed by atoms with Crippen LogP contribution in [0.1, 0.15) is 17.9 Å². The molecule has 1 aliphatic rings. The van der Waals surface area contributed by atoms with Gasteiger partial charge < -0.3 is 12.9 Å². The first kappa shape index (κ1) is 12.8. The summed E-state index contributed by atoms with van der Waals surface area (Å²) in [6.07, 6.45) is 0.285. The Labute approximate surface area is 124 Å². The molecule has 1 aliphatic carbocycles. The molecule has 0 radical (unpaired) electrons. The van der Waals surface area contributed by atoms with Gasteiger partial charge in [-0.2, -0.15) is 0 Å². The van der Waals surface area contributed by atoms with Crippen LogP contribution in [-0.2, 0) is 0 Å². The Bertz CT molecular complexity index is 299. The molecule has 70 valence electrons. The smallest absolute Gasteiger partial charge is 0.449 e. The molecule has 0 N–H and O–H groups in total. The van der Waals surface area contributed by atoms with Crippen molar-refractivity contribution in [1.29, 1.82) is 0 Å². The van der Waals surface area contributed by atoms with E-state index in [0.29, 0.717) is 0 Å². The van der Waals surface area contributed by atoms with Crippen molar-refractivity contribution >= 4 is 6.98 Å². The third-order valence-corrected chi connectivity index (χ3v) is 2.55. The molecule has 0 amide bonds. The molecule has 1 aromatic carbocycles. The maximum absolute atomic E-state index is 12.2. The molecule has 5 heteroatoms. The summed E-state index contributed by atoms with van der Waals surface area (Å²) in [6, 6.07) is 8.93. The number of benzene rings is 1. The van der Waals surface area contributed by atoms with E-state index in [1.807, 2.05) is 6.07 Å². The molecule has 0 unspecified atom stereocenters. The van der Waals surface area contributed by atoms with E-state index in [1.165, 1.54) is 0 Å². The van der Waals surface area contributed by atoms with Crippen molar-refractivity contribution in [2.24, 2.45) is 0 Å². The Balaban J connectivity index is 0.000000980. The number of rotatable bonds is 2. The third kappa shape index (κ3) is 2.86. The van der Waals surface area contributed by atoms with E-state index in [9.17, 15) is 12.9 Å². The fourth-order valence-electron chi connectivity index (χ4n) is 1.72. The third-order valence-electron chi connectivity index (χ3n) is 2.55. The van der Waals surface area contributed by atoms with E-state index in [1.54, 1.807) is 24.3 Å². The summed E-state index contributed by atoms with van der Waals surface area (Å²) in [5.74, 6) is -1.30. The van der Waals surface area contributed by atoms with E-state index in [4.69, 9.17) is 0 Å². The normalized spacial score (nSPS) is 25.4. The SMILES string of the molecule is F[B-](F)(F)[C@H]1C[C@@H]1c1ccccc1.[K+]. The Morgan fingerprint density at radius 1 is 1.07 bits per heavy atom. The van der Waals surface area contributed by atoms with E-state index in [0.717, 1.165) is 5.56 Å². The van der Waals surface area contributed by atoms with Crippen molar-refractivity contribution in [2.75, 3.05) is 0 Å². The van der Waals surface area contributed by atoms with Gasteiger partial charge in [-0.3, -0.25) is 0 Å². The first-order valence-electron chi connectivity index (χ1n) is 4.34. The van der Waals surface area contributed by atoms with Gasteiger partial charge in [0.05, 0.1) is 0 Å². The second kappa shape index (κ2) is 4.70. The largest absolute Gasteiger partial charge is 1.00 e. The van der Waals surface area contributed by atoms with Gasteiger partial charge in [0, 0.05) is 0 Å². The Kier molecular flexibility index (Phi) is 4.29. The molecule has 1 saturated carbocycles. The van der Waals surface area contributed by atoms with Gasteiger partial charge in [-0.05, 0) is 11.5 Å². The van der Waals surface area contributed by atoms with Gasteiger partial charge in [0.25, 0.3) is 0 Å². The van der Waals surface area contributed by atoms with E-state index >= 15 is 0 Å². The molecule has 14 heavy (non-hydrogen) atoms. The number of hydrogen-bond acceptors (Lipinski definition) is 0. The van der Waals surface area contributed by atoms with Gasteiger partial charge in [0.15, 0.2) is 0 Å². The van der Waals surface area contributed by atoms with Crippen LogP contribution in [-0.4, -0.2) is 6.98 Å². The van der Waals surface area contributed by atoms with E-state index < -0.39 is 12.8 Å². The van der Waals surface area contributed by atoms with E-state index in [2.05, 4.69) is 0 Å². The van der Waals surface area contributed by atoms with Gasteiger partial charge in [-0.25, -0.2) is 0 Å². The van der Waals surface area contributed by atoms with Crippen LogP contribution in [0.15, 0.2) is 30.3 Å². The molecule has 2 rings (SSSR count). The van der Waals surface area contributed by atoms with Crippen LogP contribution < -0.4 is 51.4 Å². The van der Waals surface area contributed by atoms with Gasteiger partial charge in [0.2, 0.25) is 0 Å². The molecule has 0 heterocycles. The monoisotopic (exact) mass is 224 g/mol. The van der Waals surface area contributed by atoms with Crippen molar-refractivity contribution in [2.45, 2.75) is 18.2 Å². The minimum atomic E-state index is -4.62. The summed E-state index contributed by atoms with van der Waals surface area (Å²) in [7, 11) is 0. The topological polar surface area (TPSA) is 0 Å². The Hall–Kier alpha value is 0.711. The molecular formula is C9H9BF3K. The van der Waals surface area contributed by atoms with Gasteiger partial charge in [-0.15, -0.1) is 0 Å². The Morgan fingerprint density at radius 2 is 1.64 bits per heavy atom. The second-order valence-electron chi connectivity index (χ2n) is 3.54. The first-order chi connectivity index (χ1) is 6.09. The molecule has 1 aromatic rings. The number of hydrogen-bond donors (Lipinski definition) is 0. The fourth-order valence-corrected chi connectivity index (χ4v) is 1.72. The predicted molar refractivity (Wildman–Crippen MR) is 46.6 cm³/mol. The molecule has 0 bridgehead atoms. The summed E-state index contributed by atoms with van der Waals surface area (Å²) in [5, 5.41) is 0. The molecule has 0 aromatic heterocycles. The van der Waals surface area contributed by atoms with Crippen LogP contribution in [0.25, 0.3) is 0 Å². The zero-order chi connectivity index (χ0) is 9.47. The Morgan fingerprint density at radius 3 is 2.07 bits per heavy atom. The van der Waals surface area contributed by atoms with Crippen molar-refractivity contribution < 1.29 is 64.3 Å². The molecule has 0 aliphatic heterocycles. The van der Waals surface area contributed by atoms with Crippen molar-refractivity contribution in [3.63, 3.8) is 0 Å². The summed E-state index contributed by atoms with van der Waals surface area (Å²) in [6.45, 7) is -4.62. The second-order valence-corrected chi connectivity index (χ2v) is 3.54. The van der Waals surface area contributed by atoms with Gasteiger partial charge in [-0.1, -0.05) is 42.6 Å². The van der Waals surface area contributed by atoms with E-state index in [-0.39, 0.29) is 63.7 Å².